The van der Waals surface area contributed by atoms with Crippen molar-refractivity contribution in [1.82, 2.24) is 4.90 Å². The molecule has 2 atom stereocenters. The normalized spacial score (nSPS) is 24.8. The maximum atomic E-state index is 13.2. The number of halogens is 1. The minimum absolute atomic E-state index is 0.141. The molecule has 0 N–H and O–H groups in total. The van der Waals surface area contributed by atoms with E-state index in [1.807, 2.05) is 6.07 Å². The summed E-state index contributed by atoms with van der Waals surface area (Å²) in [6.07, 6.45) is 1.21. The van der Waals surface area contributed by atoms with Gasteiger partial charge in [-0.1, -0.05) is 13.0 Å². The van der Waals surface area contributed by atoms with Gasteiger partial charge in [-0.3, -0.25) is 4.90 Å². The maximum Gasteiger partial charge on any atom is 0.140 e. The summed E-state index contributed by atoms with van der Waals surface area (Å²) in [4.78, 5) is 2.39. The zero-order valence-electron chi connectivity index (χ0n) is 10.3. The third-order valence-electron chi connectivity index (χ3n) is 3.45. The summed E-state index contributed by atoms with van der Waals surface area (Å²) in [5.41, 5.74) is 1.16. The summed E-state index contributed by atoms with van der Waals surface area (Å²) in [6, 6.07) is 7.27. The van der Waals surface area contributed by atoms with Gasteiger partial charge < -0.3 is 0 Å². The molecule has 2 rings (SSSR count). The minimum atomic E-state index is -0.431. The third kappa shape index (κ3) is 2.65. The Bertz CT molecular complexity index is 450. The van der Waals surface area contributed by atoms with Gasteiger partial charge in [-0.2, -0.15) is 5.26 Å². The van der Waals surface area contributed by atoms with Crippen LogP contribution in [0.5, 0.6) is 0 Å². The molecular weight excluding hydrogens is 215 g/mol. The molecule has 2 unspecified atom stereocenters. The van der Waals surface area contributed by atoms with Crippen LogP contribution in [0.2, 0.25) is 0 Å². The number of nitrogens with zero attached hydrogens (tertiary/aromatic N) is 2. The second-order valence-corrected chi connectivity index (χ2v) is 5.05. The highest BCUT2D eigenvalue weighted by molar-refractivity contribution is 5.34. The summed E-state index contributed by atoms with van der Waals surface area (Å²) in [5.74, 6) is 0.292. The first-order valence-corrected chi connectivity index (χ1v) is 6.02. The first-order valence-electron chi connectivity index (χ1n) is 6.02. The summed E-state index contributed by atoms with van der Waals surface area (Å²) in [5, 5.41) is 8.79. The Labute approximate surface area is 102 Å². The molecule has 1 saturated heterocycles. The van der Waals surface area contributed by atoms with Crippen molar-refractivity contribution >= 4 is 0 Å². The smallest absolute Gasteiger partial charge is 0.140 e. The molecule has 0 aromatic heterocycles. The molecule has 1 heterocycles. The summed E-state index contributed by atoms with van der Waals surface area (Å²) < 4.78 is 13.2. The van der Waals surface area contributed by atoms with E-state index in [2.05, 4.69) is 18.7 Å². The Kier molecular flexibility index (Phi) is 3.44. The van der Waals surface area contributed by atoms with Gasteiger partial charge in [0.25, 0.3) is 0 Å². The molecule has 3 heteroatoms. The van der Waals surface area contributed by atoms with Crippen LogP contribution in [0.25, 0.3) is 0 Å². The van der Waals surface area contributed by atoms with Crippen molar-refractivity contribution in [1.29, 1.82) is 5.26 Å². The Morgan fingerprint density at radius 2 is 2.24 bits per heavy atom. The van der Waals surface area contributed by atoms with E-state index in [0.717, 1.165) is 24.6 Å². The summed E-state index contributed by atoms with van der Waals surface area (Å²) >= 11 is 0. The molecule has 90 valence electrons. The van der Waals surface area contributed by atoms with Gasteiger partial charge in [0.05, 0.1) is 5.56 Å². The quantitative estimate of drug-likeness (QED) is 0.784. The largest absolute Gasteiger partial charge is 0.296 e. The molecular formula is C14H17FN2. The standard InChI is InChI=1S/C14H17FN2/c1-10-5-11(2)17(8-10)9-12-3-4-14(15)13(6-12)7-16/h3-4,6,10-11H,5,8-9H2,1-2H3. The zero-order valence-corrected chi connectivity index (χ0v) is 10.3. The van der Waals surface area contributed by atoms with Crippen molar-refractivity contribution in [3.05, 3.63) is 35.1 Å². The fraction of sp³-hybridized carbons (Fsp3) is 0.500. The molecule has 1 aliphatic heterocycles. The van der Waals surface area contributed by atoms with Crippen molar-refractivity contribution < 1.29 is 4.39 Å². The average Bonchev–Trinajstić information content (AvgIpc) is 2.60. The van der Waals surface area contributed by atoms with Crippen LogP contribution in [0.15, 0.2) is 18.2 Å². The van der Waals surface area contributed by atoms with Crippen LogP contribution in [-0.2, 0) is 6.54 Å². The molecule has 1 aliphatic rings. The molecule has 1 fully saturated rings. The van der Waals surface area contributed by atoms with Crippen LogP contribution < -0.4 is 0 Å². The highest BCUT2D eigenvalue weighted by atomic mass is 19.1. The van der Waals surface area contributed by atoms with E-state index in [1.54, 1.807) is 12.1 Å². The average molecular weight is 232 g/mol. The first kappa shape index (κ1) is 12.1. The Hall–Kier alpha value is -1.40. The highest BCUT2D eigenvalue weighted by Crippen LogP contribution is 2.24. The van der Waals surface area contributed by atoms with Gasteiger partial charge in [0.2, 0.25) is 0 Å². The van der Waals surface area contributed by atoms with Gasteiger partial charge in [0.1, 0.15) is 11.9 Å². The lowest BCUT2D eigenvalue weighted by atomic mass is 10.1. The molecule has 0 radical (unpaired) electrons. The van der Waals surface area contributed by atoms with E-state index in [0.29, 0.717) is 6.04 Å². The predicted octanol–water partition coefficient (Wildman–Crippen LogP) is 2.93. The van der Waals surface area contributed by atoms with E-state index >= 15 is 0 Å². The molecule has 1 aromatic carbocycles. The van der Waals surface area contributed by atoms with E-state index in [1.165, 1.54) is 12.5 Å². The van der Waals surface area contributed by atoms with Crippen LogP contribution in [0.3, 0.4) is 0 Å². The van der Waals surface area contributed by atoms with Crippen LogP contribution >= 0.6 is 0 Å². The molecule has 0 aliphatic carbocycles. The third-order valence-corrected chi connectivity index (χ3v) is 3.45. The number of hydrogen-bond acceptors (Lipinski definition) is 2. The lowest BCUT2D eigenvalue weighted by Crippen LogP contribution is -2.26. The molecule has 0 amide bonds. The van der Waals surface area contributed by atoms with E-state index in [9.17, 15) is 4.39 Å². The Balaban J connectivity index is 2.12. The lowest BCUT2D eigenvalue weighted by molar-refractivity contribution is 0.256. The van der Waals surface area contributed by atoms with Crippen molar-refractivity contribution in [2.75, 3.05) is 6.54 Å². The fourth-order valence-electron chi connectivity index (χ4n) is 2.60. The zero-order chi connectivity index (χ0) is 12.4. The topological polar surface area (TPSA) is 27.0 Å². The second kappa shape index (κ2) is 4.85. The van der Waals surface area contributed by atoms with Crippen molar-refractivity contribution in [2.24, 2.45) is 5.92 Å². The SMILES string of the molecule is CC1CC(C)N(Cc2ccc(F)c(C#N)c2)C1. The summed E-state index contributed by atoms with van der Waals surface area (Å²) in [6.45, 7) is 6.36. The lowest BCUT2D eigenvalue weighted by Gasteiger charge is -2.21. The molecule has 0 bridgehead atoms. The maximum absolute atomic E-state index is 13.2. The predicted molar refractivity (Wildman–Crippen MR) is 64.8 cm³/mol. The highest BCUT2D eigenvalue weighted by Gasteiger charge is 2.25. The Morgan fingerprint density at radius 3 is 2.82 bits per heavy atom. The molecule has 2 nitrogen and oxygen atoms in total. The molecule has 17 heavy (non-hydrogen) atoms. The number of hydrogen-bond donors (Lipinski definition) is 0. The van der Waals surface area contributed by atoms with Crippen LogP contribution in [-0.4, -0.2) is 17.5 Å². The monoisotopic (exact) mass is 232 g/mol. The van der Waals surface area contributed by atoms with Gasteiger partial charge in [0.15, 0.2) is 0 Å². The van der Waals surface area contributed by atoms with Crippen molar-refractivity contribution in [3.8, 4) is 6.07 Å². The summed E-state index contributed by atoms with van der Waals surface area (Å²) in [7, 11) is 0. The molecule has 0 saturated carbocycles. The van der Waals surface area contributed by atoms with E-state index in [4.69, 9.17) is 5.26 Å². The van der Waals surface area contributed by atoms with Gasteiger partial charge in [-0.05, 0) is 37.0 Å². The van der Waals surface area contributed by atoms with Crippen LogP contribution in [0.1, 0.15) is 31.4 Å². The molecule has 0 spiro atoms. The first-order chi connectivity index (χ1) is 8.10. The van der Waals surface area contributed by atoms with Gasteiger partial charge in [-0.15, -0.1) is 0 Å². The van der Waals surface area contributed by atoms with Crippen LogP contribution in [0, 0.1) is 23.1 Å². The second-order valence-electron chi connectivity index (χ2n) is 5.05. The van der Waals surface area contributed by atoms with Gasteiger partial charge in [-0.25, -0.2) is 4.39 Å². The number of benzene rings is 1. The van der Waals surface area contributed by atoms with Crippen molar-refractivity contribution in [3.63, 3.8) is 0 Å². The molecule has 1 aromatic rings. The number of nitriles is 1. The Morgan fingerprint density at radius 1 is 1.47 bits per heavy atom. The van der Waals surface area contributed by atoms with Gasteiger partial charge in [0, 0.05) is 19.1 Å². The van der Waals surface area contributed by atoms with E-state index < -0.39 is 5.82 Å². The van der Waals surface area contributed by atoms with E-state index in [-0.39, 0.29) is 5.56 Å². The van der Waals surface area contributed by atoms with Gasteiger partial charge >= 0.3 is 0 Å². The van der Waals surface area contributed by atoms with Crippen molar-refractivity contribution in [2.45, 2.75) is 32.9 Å². The van der Waals surface area contributed by atoms with Crippen LogP contribution in [0.4, 0.5) is 4.39 Å². The number of likely N-dealkylation sites (tertiary alicyclic amines) is 1. The fourth-order valence-corrected chi connectivity index (χ4v) is 2.60. The minimum Gasteiger partial charge on any atom is -0.296 e. The number of rotatable bonds is 2.